The molecule has 1 aliphatic carbocycles. The van der Waals surface area contributed by atoms with Crippen LogP contribution in [0.3, 0.4) is 0 Å². The number of nitrogens with zero attached hydrogens (tertiary/aromatic N) is 3. The molecule has 1 fully saturated rings. The fraction of sp³-hybridized carbons (Fsp3) is 0.412. The van der Waals surface area contributed by atoms with Gasteiger partial charge < -0.3 is 4.90 Å². The maximum atomic E-state index is 12.5. The Labute approximate surface area is 124 Å². The number of rotatable bonds is 2. The van der Waals surface area contributed by atoms with Crippen molar-refractivity contribution in [3.63, 3.8) is 0 Å². The van der Waals surface area contributed by atoms with Gasteiger partial charge in [0.05, 0.1) is 5.69 Å². The van der Waals surface area contributed by atoms with Gasteiger partial charge in [-0.15, -0.1) is 0 Å². The number of hydrogen-bond acceptors (Lipinski definition) is 2. The first kappa shape index (κ1) is 12.6. The van der Waals surface area contributed by atoms with Crippen molar-refractivity contribution in [2.75, 3.05) is 13.1 Å². The number of likely N-dealkylation sites (tertiary alicyclic amines) is 1. The van der Waals surface area contributed by atoms with Crippen molar-refractivity contribution >= 4 is 5.91 Å². The molecule has 0 radical (unpaired) electrons. The molecule has 2 heterocycles. The molecule has 1 aromatic carbocycles. The largest absolute Gasteiger partial charge is 0.337 e. The molecule has 0 N–H and O–H groups in total. The Balaban J connectivity index is 1.78. The van der Waals surface area contributed by atoms with Crippen molar-refractivity contribution in [3.8, 4) is 5.69 Å². The number of benzene rings is 1. The average molecular weight is 281 g/mol. The predicted molar refractivity (Wildman–Crippen MR) is 80.8 cm³/mol. The number of hydrogen-bond donors (Lipinski definition) is 0. The quantitative estimate of drug-likeness (QED) is 0.848. The summed E-state index contributed by atoms with van der Waals surface area (Å²) in [4.78, 5) is 14.4. The van der Waals surface area contributed by atoms with Gasteiger partial charge in [0.15, 0.2) is 5.69 Å². The third kappa shape index (κ3) is 1.97. The molecule has 2 aromatic rings. The molecule has 0 saturated carbocycles. The van der Waals surface area contributed by atoms with Crippen LogP contribution >= 0.6 is 0 Å². The van der Waals surface area contributed by atoms with Crippen molar-refractivity contribution in [1.82, 2.24) is 14.7 Å². The van der Waals surface area contributed by atoms with Crippen LogP contribution in [0.4, 0.5) is 0 Å². The van der Waals surface area contributed by atoms with Crippen molar-refractivity contribution in [2.45, 2.75) is 32.6 Å². The Kier molecular flexibility index (Phi) is 2.84. The third-order valence-electron chi connectivity index (χ3n) is 4.55. The summed E-state index contributed by atoms with van der Waals surface area (Å²) in [5.74, 6) is 0.116. The van der Waals surface area contributed by atoms with Crippen LogP contribution in [0.1, 0.15) is 40.2 Å². The average Bonchev–Trinajstić information content (AvgIpc) is 2.99. The third-order valence-corrected chi connectivity index (χ3v) is 4.55. The molecule has 2 aliphatic rings. The van der Waals surface area contributed by atoms with E-state index in [1.54, 1.807) is 0 Å². The van der Waals surface area contributed by atoms with Crippen LogP contribution in [0.5, 0.6) is 0 Å². The molecule has 1 saturated heterocycles. The SMILES string of the molecule is Cc1ccc(-n2nc(C(=O)N3CCC3)c3c2CCC3)cc1. The van der Waals surface area contributed by atoms with Crippen molar-refractivity contribution in [1.29, 1.82) is 0 Å². The Morgan fingerprint density at radius 2 is 1.86 bits per heavy atom. The van der Waals surface area contributed by atoms with Crippen LogP contribution < -0.4 is 0 Å². The van der Waals surface area contributed by atoms with Gasteiger partial charge in [0.1, 0.15) is 0 Å². The van der Waals surface area contributed by atoms with E-state index < -0.39 is 0 Å². The highest BCUT2D eigenvalue weighted by Crippen LogP contribution is 2.29. The summed E-state index contributed by atoms with van der Waals surface area (Å²) in [5.41, 5.74) is 5.37. The second kappa shape index (κ2) is 4.72. The number of aryl methyl sites for hydroxylation is 1. The van der Waals surface area contributed by atoms with Crippen LogP contribution in [0, 0.1) is 6.92 Å². The van der Waals surface area contributed by atoms with E-state index in [1.165, 1.54) is 16.8 Å². The summed E-state index contributed by atoms with van der Waals surface area (Å²) in [7, 11) is 0. The van der Waals surface area contributed by atoms with Gasteiger partial charge in [0, 0.05) is 24.3 Å². The molecule has 0 bridgehead atoms. The Morgan fingerprint density at radius 1 is 1.10 bits per heavy atom. The second-order valence-electron chi connectivity index (χ2n) is 6.02. The fourth-order valence-electron chi connectivity index (χ4n) is 3.18. The van der Waals surface area contributed by atoms with E-state index in [9.17, 15) is 4.79 Å². The van der Waals surface area contributed by atoms with E-state index in [4.69, 9.17) is 0 Å². The Hall–Kier alpha value is -2.10. The van der Waals surface area contributed by atoms with Gasteiger partial charge in [-0.25, -0.2) is 4.68 Å². The number of amides is 1. The van der Waals surface area contributed by atoms with Crippen molar-refractivity contribution in [3.05, 3.63) is 46.8 Å². The smallest absolute Gasteiger partial charge is 0.274 e. The van der Waals surface area contributed by atoms with E-state index >= 15 is 0 Å². The van der Waals surface area contributed by atoms with Gasteiger partial charge in [-0.3, -0.25) is 4.79 Å². The zero-order valence-corrected chi connectivity index (χ0v) is 12.3. The van der Waals surface area contributed by atoms with Crippen LogP contribution in [0.15, 0.2) is 24.3 Å². The maximum Gasteiger partial charge on any atom is 0.274 e. The molecule has 0 unspecified atom stereocenters. The zero-order valence-electron chi connectivity index (χ0n) is 12.3. The minimum Gasteiger partial charge on any atom is -0.337 e. The first-order valence-electron chi connectivity index (χ1n) is 7.71. The fourth-order valence-corrected chi connectivity index (χ4v) is 3.18. The van der Waals surface area contributed by atoms with E-state index in [0.717, 1.165) is 44.5 Å². The summed E-state index contributed by atoms with van der Waals surface area (Å²) in [6.45, 7) is 3.84. The number of aromatic nitrogens is 2. The molecule has 4 heteroatoms. The van der Waals surface area contributed by atoms with Crippen LogP contribution in [-0.2, 0) is 12.8 Å². The molecular formula is C17H19N3O. The van der Waals surface area contributed by atoms with E-state index in [0.29, 0.717) is 5.69 Å². The topological polar surface area (TPSA) is 38.1 Å². The Bertz CT molecular complexity index is 696. The summed E-state index contributed by atoms with van der Waals surface area (Å²) >= 11 is 0. The normalized spacial score (nSPS) is 16.7. The minimum absolute atomic E-state index is 0.116. The first-order chi connectivity index (χ1) is 10.2. The molecule has 21 heavy (non-hydrogen) atoms. The monoisotopic (exact) mass is 281 g/mol. The summed E-state index contributed by atoms with van der Waals surface area (Å²) in [6.07, 6.45) is 4.24. The minimum atomic E-state index is 0.116. The highest BCUT2D eigenvalue weighted by molar-refractivity contribution is 5.94. The van der Waals surface area contributed by atoms with E-state index in [2.05, 4.69) is 36.3 Å². The molecule has 0 spiro atoms. The lowest BCUT2D eigenvalue weighted by Crippen LogP contribution is -2.42. The maximum absolute atomic E-state index is 12.5. The highest BCUT2D eigenvalue weighted by atomic mass is 16.2. The van der Waals surface area contributed by atoms with Gasteiger partial charge in [0.2, 0.25) is 0 Å². The lowest BCUT2D eigenvalue weighted by molar-refractivity contribution is 0.0644. The summed E-state index contributed by atoms with van der Waals surface area (Å²) in [5, 5.41) is 4.66. The molecule has 108 valence electrons. The molecule has 0 atom stereocenters. The van der Waals surface area contributed by atoms with Crippen LogP contribution in [0.25, 0.3) is 5.69 Å². The van der Waals surface area contributed by atoms with Gasteiger partial charge in [-0.1, -0.05) is 17.7 Å². The highest BCUT2D eigenvalue weighted by Gasteiger charge is 2.31. The van der Waals surface area contributed by atoms with Crippen LogP contribution in [0.2, 0.25) is 0 Å². The molecule has 4 nitrogen and oxygen atoms in total. The second-order valence-corrected chi connectivity index (χ2v) is 6.02. The number of fused-ring (bicyclic) bond motifs is 1. The first-order valence-corrected chi connectivity index (χ1v) is 7.71. The number of carbonyl (C=O) groups is 1. The molecule has 4 rings (SSSR count). The van der Waals surface area contributed by atoms with Crippen molar-refractivity contribution in [2.24, 2.45) is 0 Å². The van der Waals surface area contributed by atoms with Crippen LogP contribution in [-0.4, -0.2) is 33.7 Å². The molecule has 1 aliphatic heterocycles. The van der Waals surface area contributed by atoms with E-state index in [-0.39, 0.29) is 5.91 Å². The lowest BCUT2D eigenvalue weighted by Gasteiger charge is -2.30. The lowest BCUT2D eigenvalue weighted by atomic mass is 10.1. The summed E-state index contributed by atoms with van der Waals surface area (Å²) < 4.78 is 1.98. The van der Waals surface area contributed by atoms with E-state index in [1.807, 2.05) is 9.58 Å². The summed E-state index contributed by atoms with van der Waals surface area (Å²) in [6, 6.07) is 8.35. The molecule has 1 aromatic heterocycles. The zero-order chi connectivity index (χ0) is 14.4. The standard InChI is InChI=1S/C17H19N3O/c1-12-6-8-13(9-7-12)20-15-5-2-4-14(15)16(18-20)17(21)19-10-3-11-19/h6-9H,2-5,10-11H2,1H3. The van der Waals surface area contributed by atoms with Gasteiger partial charge in [-0.2, -0.15) is 5.10 Å². The molecule has 1 amide bonds. The van der Waals surface area contributed by atoms with Gasteiger partial charge in [-0.05, 0) is 44.7 Å². The molecular weight excluding hydrogens is 262 g/mol. The number of carbonyl (C=O) groups excluding carboxylic acids is 1. The van der Waals surface area contributed by atoms with Crippen molar-refractivity contribution < 1.29 is 4.79 Å². The Morgan fingerprint density at radius 3 is 2.52 bits per heavy atom. The van der Waals surface area contributed by atoms with Gasteiger partial charge in [0.25, 0.3) is 5.91 Å². The van der Waals surface area contributed by atoms with Gasteiger partial charge >= 0.3 is 0 Å². The predicted octanol–water partition coefficient (Wildman–Crippen LogP) is 2.52.